The van der Waals surface area contributed by atoms with Gasteiger partial charge in [-0.2, -0.15) is 4.98 Å². The fourth-order valence-electron chi connectivity index (χ4n) is 2.39. The Labute approximate surface area is 115 Å². The fourth-order valence-corrected chi connectivity index (χ4v) is 2.39. The first-order valence-corrected chi connectivity index (χ1v) is 7.13. The molecule has 0 bridgehead atoms. The maximum atomic E-state index is 5.87. The van der Waals surface area contributed by atoms with Gasteiger partial charge in [0.2, 0.25) is 5.95 Å². The van der Waals surface area contributed by atoms with Gasteiger partial charge in [-0.3, -0.25) is 0 Å². The van der Waals surface area contributed by atoms with Crippen molar-refractivity contribution in [3.63, 3.8) is 0 Å². The van der Waals surface area contributed by atoms with E-state index in [1.54, 1.807) is 0 Å². The van der Waals surface area contributed by atoms with E-state index in [2.05, 4.69) is 27.1 Å². The van der Waals surface area contributed by atoms with Crippen LogP contribution in [-0.2, 0) is 4.74 Å². The molecule has 0 spiro atoms. The van der Waals surface area contributed by atoms with E-state index >= 15 is 0 Å². The van der Waals surface area contributed by atoms with E-state index in [9.17, 15) is 0 Å². The number of piperidine rings is 1. The van der Waals surface area contributed by atoms with Crippen LogP contribution in [0.25, 0.3) is 0 Å². The molecule has 1 N–H and O–H groups in total. The molecule has 0 aromatic carbocycles. The van der Waals surface area contributed by atoms with Crippen molar-refractivity contribution in [2.75, 3.05) is 37.0 Å². The smallest absolute Gasteiger partial charge is 0.224 e. The predicted molar refractivity (Wildman–Crippen MR) is 77.8 cm³/mol. The number of aryl methyl sites for hydroxylation is 1. The first-order valence-electron chi connectivity index (χ1n) is 7.13. The lowest BCUT2D eigenvalue weighted by atomic mass is 10.1. The predicted octanol–water partition coefficient (Wildman–Crippen LogP) is 2.22. The Balaban J connectivity index is 2.06. The third-order valence-corrected chi connectivity index (χ3v) is 3.32. The van der Waals surface area contributed by atoms with Gasteiger partial charge in [0.1, 0.15) is 5.82 Å². The molecule has 0 radical (unpaired) electrons. The number of hydrogen-bond donors (Lipinski definition) is 1. The van der Waals surface area contributed by atoms with Gasteiger partial charge in [0, 0.05) is 38.5 Å². The summed E-state index contributed by atoms with van der Waals surface area (Å²) in [6, 6.07) is 2.04. The van der Waals surface area contributed by atoms with Crippen molar-refractivity contribution in [1.82, 2.24) is 9.97 Å². The van der Waals surface area contributed by atoms with Crippen LogP contribution in [0.2, 0.25) is 0 Å². The minimum absolute atomic E-state index is 0.335. The van der Waals surface area contributed by atoms with E-state index in [-0.39, 0.29) is 0 Å². The van der Waals surface area contributed by atoms with Crippen LogP contribution in [0.4, 0.5) is 11.8 Å². The van der Waals surface area contributed by atoms with Crippen LogP contribution < -0.4 is 10.2 Å². The van der Waals surface area contributed by atoms with Crippen molar-refractivity contribution < 1.29 is 4.74 Å². The van der Waals surface area contributed by atoms with Gasteiger partial charge in [-0.15, -0.1) is 0 Å². The topological polar surface area (TPSA) is 50.3 Å². The first-order chi connectivity index (χ1) is 9.22. The maximum Gasteiger partial charge on any atom is 0.224 e. The Hall–Kier alpha value is -1.36. The normalized spacial score (nSPS) is 19.5. The minimum atomic E-state index is 0.335. The summed E-state index contributed by atoms with van der Waals surface area (Å²) in [6.07, 6.45) is 3.72. The number of nitrogens with zero attached hydrogens (tertiary/aromatic N) is 3. The molecular formula is C14H24N4O. The highest BCUT2D eigenvalue weighted by atomic mass is 16.5. The van der Waals surface area contributed by atoms with Crippen molar-refractivity contribution in [1.29, 1.82) is 0 Å². The van der Waals surface area contributed by atoms with Gasteiger partial charge < -0.3 is 15.0 Å². The lowest BCUT2D eigenvalue weighted by Crippen LogP contribution is -2.40. The zero-order valence-corrected chi connectivity index (χ0v) is 12.1. The largest absolute Gasteiger partial charge is 0.376 e. The summed E-state index contributed by atoms with van der Waals surface area (Å²) in [5.41, 5.74) is 0.992. The summed E-state index contributed by atoms with van der Waals surface area (Å²) < 4.78 is 5.87. The van der Waals surface area contributed by atoms with Crippen LogP contribution in [-0.4, -0.2) is 42.8 Å². The monoisotopic (exact) mass is 264 g/mol. The van der Waals surface area contributed by atoms with Crippen molar-refractivity contribution in [2.45, 2.75) is 39.2 Å². The Kier molecular flexibility index (Phi) is 4.96. The van der Waals surface area contributed by atoms with E-state index in [0.717, 1.165) is 50.5 Å². The Bertz CT molecular complexity index is 410. The van der Waals surface area contributed by atoms with Crippen LogP contribution in [0.1, 0.15) is 31.9 Å². The average Bonchev–Trinajstić information content (AvgIpc) is 2.44. The first kappa shape index (κ1) is 14.1. The number of ether oxygens (including phenoxy) is 1. The second-order valence-corrected chi connectivity index (χ2v) is 5.02. The van der Waals surface area contributed by atoms with Gasteiger partial charge in [0.25, 0.3) is 0 Å². The maximum absolute atomic E-state index is 5.87. The van der Waals surface area contributed by atoms with E-state index in [0.29, 0.717) is 12.1 Å². The highest BCUT2D eigenvalue weighted by Crippen LogP contribution is 2.21. The molecule has 0 aliphatic carbocycles. The molecule has 1 atom stereocenters. The number of anilines is 2. The third-order valence-electron chi connectivity index (χ3n) is 3.32. The second kappa shape index (κ2) is 6.70. The minimum Gasteiger partial charge on any atom is -0.376 e. The lowest BCUT2D eigenvalue weighted by molar-refractivity contribution is 0.0439. The quantitative estimate of drug-likeness (QED) is 0.883. The molecule has 1 aliphatic heterocycles. The highest BCUT2D eigenvalue weighted by Gasteiger charge is 2.21. The molecule has 1 fully saturated rings. The molecule has 1 aliphatic rings. The molecule has 5 heteroatoms. The summed E-state index contributed by atoms with van der Waals surface area (Å²) >= 11 is 0. The standard InChI is InChI=1S/C14H24N4O/c1-4-8-19-12-6-5-7-18(10-12)13-9-11(2)16-14(15-3)17-13/h9,12H,4-8,10H2,1-3H3,(H,15,16,17). The molecule has 0 saturated carbocycles. The molecule has 0 amide bonds. The molecule has 106 valence electrons. The van der Waals surface area contributed by atoms with Crippen molar-refractivity contribution in [3.8, 4) is 0 Å². The SMILES string of the molecule is CCCOC1CCCN(c2cc(C)nc(NC)n2)C1. The Morgan fingerprint density at radius 3 is 3.05 bits per heavy atom. The number of rotatable bonds is 5. The lowest BCUT2D eigenvalue weighted by Gasteiger charge is -2.33. The molecule has 2 heterocycles. The Morgan fingerprint density at radius 1 is 1.47 bits per heavy atom. The number of nitrogens with one attached hydrogen (secondary N) is 1. The summed E-state index contributed by atoms with van der Waals surface area (Å²) in [4.78, 5) is 11.2. The number of aromatic nitrogens is 2. The molecular weight excluding hydrogens is 240 g/mol. The van der Waals surface area contributed by atoms with Crippen molar-refractivity contribution in [2.24, 2.45) is 0 Å². The van der Waals surface area contributed by atoms with Crippen LogP contribution >= 0.6 is 0 Å². The molecule has 1 unspecified atom stereocenters. The Morgan fingerprint density at radius 2 is 2.32 bits per heavy atom. The van der Waals surface area contributed by atoms with E-state index in [4.69, 9.17) is 4.74 Å². The molecule has 2 rings (SSSR count). The van der Waals surface area contributed by atoms with E-state index in [1.165, 1.54) is 0 Å². The van der Waals surface area contributed by atoms with Gasteiger partial charge in [0.05, 0.1) is 6.10 Å². The molecule has 5 nitrogen and oxygen atoms in total. The summed E-state index contributed by atoms with van der Waals surface area (Å²) in [5.74, 6) is 1.69. The van der Waals surface area contributed by atoms with Crippen molar-refractivity contribution >= 4 is 11.8 Å². The molecule has 1 aromatic heterocycles. The molecule has 1 saturated heterocycles. The van der Waals surface area contributed by atoms with Gasteiger partial charge >= 0.3 is 0 Å². The van der Waals surface area contributed by atoms with Crippen molar-refractivity contribution in [3.05, 3.63) is 11.8 Å². The summed E-state index contributed by atoms with van der Waals surface area (Å²) in [5, 5.41) is 3.01. The third kappa shape index (κ3) is 3.80. The second-order valence-electron chi connectivity index (χ2n) is 5.02. The fraction of sp³-hybridized carbons (Fsp3) is 0.714. The van der Waals surface area contributed by atoms with Gasteiger partial charge in [0.15, 0.2) is 0 Å². The molecule has 19 heavy (non-hydrogen) atoms. The number of hydrogen-bond acceptors (Lipinski definition) is 5. The van der Waals surface area contributed by atoms with Gasteiger partial charge in [-0.25, -0.2) is 4.98 Å². The van der Waals surface area contributed by atoms with E-state index < -0.39 is 0 Å². The van der Waals surface area contributed by atoms with Crippen LogP contribution in [0.3, 0.4) is 0 Å². The highest BCUT2D eigenvalue weighted by molar-refractivity contribution is 5.45. The van der Waals surface area contributed by atoms with Crippen LogP contribution in [0.15, 0.2) is 6.07 Å². The zero-order chi connectivity index (χ0) is 13.7. The zero-order valence-electron chi connectivity index (χ0n) is 12.1. The van der Waals surface area contributed by atoms with E-state index in [1.807, 2.05) is 20.0 Å². The average molecular weight is 264 g/mol. The van der Waals surface area contributed by atoms with Crippen LogP contribution in [0.5, 0.6) is 0 Å². The molecule has 1 aromatic rings. The summed E-state index contributed by atoms with van der Waals surface area (Å²) in [7, 11) is 1.85. The van der Waals surface area contributed by atoms with Gasteiger partial charge in [-0.1, -0.05) is 6.92 Å². The van der Waals surface area contributed by atoms with Crippen LogP contribution in [0, 0.1) is 6.92 Å². The summed E-state index contributed by atoms with van der Waals surface area (Å²) in [6.45, 7) is 6.98. The van der Waals surface area contributed by atoms with Gasteiger partial charge in [-0.05, 0) is 26.2 Å².